The van der Waals surface area contributed by atoms with E-state index in [4.69, 9.17) is 9.47 Å². The average Bonchev–Trinajstić information content (AvgIpc) is 2.47. The van der Waals surface area contributed by atoms with Crippen LogP contribution in [0.2, 0.25) is 0 Å². The molecule has 0 aromatic rings. The van der Waals surface area contributed by atoms with E-state index in [-0.39, 0.29) is 18.4 Å². The van der Waals surface area contributed by atoms with Crippen LogP contribution in [-0.2, 0) is 19.1 Å². The van der Waals surface area contributed by atoms with Crippen molar-refractivity contribution < 1.29 is 19.1 Å². The summed E-state index contributed by atoms with van der Waals surface area (Å²) in [5.41, 5.74) is -0.770. The van der Waals surface area contributed by atoms with Crippen molar-refractivity contribution in [3.05, 3.63) is 0 Å². The van der Waals surface area contributed by atoms with Gasteiger partial charge in [0.2, 0.25) is 0 Å². The monoisotopic (exact) mass is 300 g/mol. The summed E-state index contributed by atoms with van der Waals surface area (Å²) in [6.07, 6.45) is 6.72. The zero-order chi connectivity index (χ0) is 16.1. The molecule has 0 fully saturated rings. The van der Waals surface area contributed by atoms with Crippen molar-refractivity contribution in [2.45, 2.75) is 79.1 Å². The van der Waals surface area contributed by atoms with Crippen LogP contribution in [-0.4, -0.2) is 25.2 Å². The number of esters is 2. The Labute approximate surface area is 129 Å². The minimum Gasteiger partial charge on any atom is -0.466 e. The van der Waals surface area contributed by atoms with E-state index < -0.39 is 5.41 Å². The number of unbranched alkanes of at least 4 members (excludes halogenated alkanes) is 4. The van der Waals surface area contributed by atoms with Gasteiger partial charge >= 0.3 is 11.9 Å². The molecule has 0 rings (SSSR count). The first-order chi connectivity index (χ1) is 10.00. The summed E-state index contributed by atoms with van der Waals surface area (Å²) >= 11 is 0. The van der Waals surface area contributed by atoms with Crippen LogP contribution in [0.5, 0.6) is 0 Å². The Morgan fingerprint density at radius 1 is 0.857 bits per heavy atom. The van der Waals surface area contributed by atoms with E-state index in [9.17, 15) is 9.59 Å². The zero-order valence-electron chi connectivity index (χ0n) is 14.2. The zero-order valence-corrected chi connectivity index (χ0v) is 14.2. The van der Waals surface area contributed by atoms with Crippen LogP contribution in [0.1, 0.15) is 79.1 Å². The second kappa shape index (κ2) is 11.6. The van der Waals surface area contributed by atoms with Gasteiger partial charge in [0.25, 0.3) is 0 Å². The van der Waals surface area contributed by atoms with Crippen LogP contribution in [0.4, 0.5) is 0 Å². The van der Waals surface area contributed by atoms with Crippen LogP contribution >= 0.6 is 0 Å². The van der Waals surface area contributed by atoms with E-state index >= 15 is 0 Å². The summed E-state index contributed by atoms with van der Waals surface area (Å²) in [6.45, 7) is 8.77. The fraction of sp³-hybridized carbons (Fsp3) is 0.882. The molecule has 0 N–H and O–H groups in total. The molecule has 124 valence electrons. The van der Waals surface area contributed by atoms with Gasteiger partial charge in [-0.05, 0) is 26.2 Å². The summed E-state index contributed by atoms with van der Waals surface area (Å²) < 4.78 is 10.5. The molecule has 4 nitrogen and oxygen atoms in total. The van der Waals surface area contributed by atoms with Crippen molar-refractivity contribution in [3.8, 4) is 0 Å². The maximum atomic E-state index is 12.1. The number of carbonyl (C=O) groups excluding carboxylic acids is 2. The molecule has 21 heavy (non-hydrogen) atoms. The minimum atomic E-state index is -0.770. The van der Waals surface area contributed by atoms with Crippen LogP contribution in [0, 0.1) is 5.41 Å². The molecule has 1 unspecified atom stereocenters. The highest BCUT2D eigenvalue weighted by Gasteiger charge is 2.36. The van der Waals surface area contributed by atoms with Gasteiger partial charge in [0, 0.05) is 0 Å². The van der Waals surface area contributed by atoms with Gasteiger partial charge in [0.05, 0.1) is 25.0 Å². The highest BCUT2D eigenvalue weighted by molar-refractivity contribution is 5.83. The molecule has 0 aliphatic rings. The lowest BCUT2D eigenvalue weighted by Gasteiger charge is -2.24. The Morgan fingerprint density at radius 2 is 1.38 bits per heavy atom. The summed E-state index contributed by atoms with van der Waals surface area (Å²) in [5.74, 6) is -0.590. The third-order valence-electron chi connectivity index (χ3n) is 3.80. The first kappa shape index (κ1) is 19.9. The Hall–Kier alpha value is -1.06. The van der Waals surface area contributed by atoms with Gasteiger partial charge in [-0.25, -0.2) is 0 Å². The van der Waals surface area contributed by atoms with Crippen molar-refractivity contribution in [3.63, 3.8) is 0 Å². The predicted octanol–water partition coefficient (Wildman–Crippen LogP) is 4.26. The van der Waals surface area contributed by atoms with E-state index in [1.807, 2.05) is 6.92 Å². The molecule has 0 saturated heterocycles. The lowest BCUT2D eigenvalue weighted by atomic mass is 9.84. The van der Waals surface area contributed by atoms with Crippen molar-refractivity contribution in [2.75, 3.05) is 13.2 Å². The molecule has 4 heteroatoms. The Kier molecular flexibility index (Phi) is 11.0. The Morgan fingerprint density at radius 3 is 1.86 bits per heavy atom. The minimum absolute atomic E-state index is 0.0994. The highest BCUT2D eigenvalue weighted by atomic mass is 16.5. The van der Waals surface area contributed by atoms with Gasteiger partial charge in [-0.1, -0.05) is 46.5 Å². The molecule has 0 saturated carbocycles. The van der Waals surface area contributed by atoms with Crippen LogP contribution in [0.25, 0.3) is 0 Å². The van der Waals surface area contributed by atoms with E-state index in [1.165, 1.54) is 0 Å². The second-order valence-electron chi connectivity index (χ2n) is 5.86. The summed E-state index contributed by atoms with van der Waals surface area (Å²) in [4.78, 5) is 24.0. The van der Waals surface area contributed by atoms with Gasteiger partial charge in [0.1, 0.15) is 0 Å². The van der Waals surface area contributed by atoms with Crippen LogP contribution in [0.15, 0.2) is 0 Å². The smallest absolute Gasteiger partial charge is 0.312 e. The SMILES string of the molecule is CCCCCOC(=O)CC(C)(CC)C(=O)OCCCCC. The summed E-state index contributed by atoms with van der Waals surface area (Å²) in [6, 6.07) is 0. The predicted molar refractivity (Wildman–Crippen MR) is 84.0 cm³/mol. The average molecular weight is 300 g/mol. The topological polar surface area (TPSA) is 52.6 Å². The van der Waals surface area contributed by atoms with Crippen molar-refractivity contribution in [1.29, 1.82) is 0 Å². The highest BCUT2D eigenvalue weighted by Crippen LogP contribution is 2.28. The van der Waals surface area contributed by atoms with Gasteiger partial charge < -0.3 is 9.47 Å². The quantitative estimate of drug-likeness (QED) is 0.399. The second-order valence-corrected chi connectivity index (χ2v) is 5.86. The standard InChI is InChI=1S/C17H32O4/c1-5-8-10-12-20-15(18)14-17(4,7-3)16(19)21-13-11-9-6-2/h5-14H2,1-4H3. The number of rotatable bonds is 12. The third-order valence-corrected chi connectivity index (χ3v) is 3.80. The third kappa shape index (κ3) is 8.74. The fourth-order valence-corrected chi connectivity index (χ4v) is 1.94. The van der Waals surface area contributed by atoms with E-state index in [0.29, 0.717) is 19.6 Å². The molecule has 0 heterocycles. The van der Waals surface area contributed by atoms with Crippen LogP contribution < -0.4 is 0 Å². The molecule has 0 amide bonds. The molecule has 1 atom stereocenters. The first-order valence-electron chi connectivity index (χ1n) is 8.33. The fourth-order valence-electron chi connectivity index (χ4n) is 1.94. The number of carbonyl (C=O) groups is 2. The van der Waals surface area contributed by atoms with Gasteiger partial charge in [-0.15, -0.1) is 0 Å². The number of ether oxygens (including phenoxy) is 2. The van der Waals surface area contributed by atoms with E-state index in [0.717, 1.165) is 38.5 Å². The molecule has 0 radical (unpaired) electrons. The van der Waals surface area contributed by atoms with Gasteiger partial charge in [0.15, 0.2) is 0 Å². The maximum absolute atomic E-state index is 12.1. The Balaban J connectivity index is 4.17. The number of hydrogen-bond donors (Lipinski definition) is 0. The molecule has 0 spiro atoms. The van der Waals surface area contributed by atoms with Crippen molar-refractivity contribution >= 4 is 11.9 Å². The molecular formula is C17H32O4. The molecular weight excluding hydrogens is 268 g/mol. The van der Waals surface area contributed by atoms with E-state index in [1.54, 1.807) is 6.92 Å². The normalized spacial score (nSPS) is 13.5. The maximum Gasteiger partial charge on any atom is 0.312 e. The van der Waals surface area contributed by atoms with E-state index in [2.05, 4.69) is 13.8 Å². The summed E-state index contributed by atoms with van der Waals surface area (Å²) in [5, 5.41) is 0. The molecule has 0 aromatic carbocycles. The number of hydrogen-bond acceptors (Lipinski definition) is 4. The molecule has 0 aromatic heterocycles. The van der Waals surface area contributed by atoms with Crippen molar-refractivity contribution in [2.24, 2.45) is 5.41 Å². The first-order valence-corrected chi connectivity index (χ1v) is 8.33. The van der Waals surface area contributed by atoms with Gasteiger partial charge in [-0.2, -0.15) is 0 Å². The van der Waals surface area contributed by atoms with Crippen LogP contribution in [0.3, 0.4) is 0 Å². The lowest BCUT2D eigenvalue weighted by Crippen LogP contribution is -2.32. The van der Waals surface area contributed by atoms with Gasteiger partial charge in [-0.3, -0.25) is 9.59 Å². The molecule has 0 bridgehead atoms. The Bertz CT molecular complexity index is 301. The van der Waals surface area contributed by atoms with Crippen molar-refractivity contribution in [1.82, 2.24) is 0 Å². The lowest BCUT2D eigenvalue weighted by molar-refractivity contribution is -0.162. The molecule has 0 aliphatic carbocycles. The largest absolute Gasteiger partial charge is 0.466 e. The molecule has 0 aliphatic heterocycles. The summed E-state index contributed by atoms with van der Waals surface area (Å²) in [7, 11) is 0.